The summed E-state index contributed by atoms with van der Waals surface area (Å²) in [4.78, 5) is 9.80. The van der Waals surface area contributed by atoms with E-state index in [1.807, 2.05) is 10.6 Å². The van der Waals surface area contributed by atoms with Gasteiger partial charge in [0, 0.05) is 55.4 Å². The number of nitrogens with zero attached hydrogens (tertiary/aromatic N) is 5. The van der Waals surface area contributed by atoms with E-state index in [1.165, 1.54) is 10.8 Å². The lowest BCUT2D eigenvalue weighted by Gasteiger charge is -2.36. The van der Waals surface area contributed by atoms with Crippen molar-refractivity contribution in [1.29, 1.82) is 0 Å². The second-order valence-electron chi connectivity index (χ2n) is 9.47. The van der Waals surface area contributed by atoms with Gasteiger partial charge in [0.1, 0.15) is 18.2 Å². The fourth-order valence-corrected chi connectivity index (χ4v) is 5.20. The van der Waals surface area contributed by atoms with Crippen LogP contribution in [0.3, 0.4) is 0 Å². The summed E-state index contributed by atoms with van der Waals surface area (Å²) in [6.07, 6.45) is 0. The van der Waals surface area contributed by atoms with Crippen LogP contribution in [0.1, 0.15) is 11.4 Å². The van der Waals surface area contributed by atoms with Gasteiger partial charge in [0.05, 0.1) is 5.69 Å². The average molecular weight is 478 g/mol. The highest BCUT2D eigenvalue weighted by Crippen LogP contribution is 2.30. The summed E-state index contributed by atoms with van der Waals surface area (Å²) in [6, 6.07) is 27.2. The van der Waals surface area contributed by atoms with Crippen molar-refractivity contribution in [1.82, 2.24) is 19.5 Å². The highest BCUT2D eigenvalue weighted by atomic mass is 16.5. The quantitative estimate of drug-likeness (QED) is 0.329. The van der Waals surface area contributed by atoms with E-state index in [4.69, 9.17) is 14.8 Å². The van der Waals surface area contributed by atoms with Crippen LogP contribution in [0.4, 0.5) is 5.82 Å². The fraction of sp³-hybridized carbons (Fsp3) is 0.267. The normalized spacial score (nSPS) is 14.6. The van der Waals surface area contributed by atoms with Crippen LogP contribution < -0.4 is 9.64 Å². The van der Waals surface area contributed by atoms with E-state index in [0.29, 0.717) is 6.61 Å². The molecule has 1 aliphatic rings. The zero-order chi connectivity index (χ0) is 24.5. The molecule has 1 saturated heterocycles. The molecule has 6 heteroatoms. The SMILES string of the molecule is Cc1cc(N2CCN(CCOc3cccc4ccccc34)CC2)n2nc(C)c(-c3ccccc3)c2n1. The van der Waals surface area contributed by atoms with Gasteiger partial charge in [0.15, 0.2) is 5.65 Å². The molecular formula is C30H31N5O. The van der Waals surface area contributed by atoms with Gasteiger partial charge in [-0.15, -0.1) is 0 Å². The molecule has 36 heavy (non-hydrogen) atoms. The maximum absolute atomic E-state index is 6.19. The van der Waals surface area contributed by atoms with E-state index < -0.39 is 0 Å². The van der Waals surface area contributed by atoms with Crippen LogP contribution in [-0.2, 0) is 0 Å². The van der Waals surface area contributed by atoms with Crippen LogP contribution in [0.5, 0.6) is 5.75 Å². The largest absolute Gasteiger partial charge is 0.492 e. The summed E-state index contributed by atoms with van der Waals surface area (Å²) in [7, 11) is 0. The minimum Gasteiger partial charge on any atom is -0.492 e. The molecule has 1 aliphatic heterocycles. The van der Waals surface area contributed by atoms with E-state index in [0.717, 1.165) is 72.5 Å². The molecule has 3 aromatic carbocycles. The lowest BCUT2D eigenvalue weighted by atomic mass is 10.1. The Morgan fingerprint density at radius 3 is 2.42 bits per heavy atom. The number of anilines is 1. The van der Waals surface area contributed by atoms with Gasteiger partial charge in [-0.1, -0.05) is 66.7 Å². The van der Waals surface area contributed by atoms with Gasteiger partial charge in [0.25, 0.3) is 0 Å². The minimum absolute atomic E-state index is 0.686. The van der Waals surface area contributed by atoms with Crippen molar-refractivity contribution in [2.24, 2.45) is 0 Å². The first-order valence-corrected chi connectivity index (χ1v) is 12.7. The van der Waals surface area contributed by atoms with Crippen molar-refractivity contribution in [2.75, 3.05) is 44.2 Å². The molecule has 0 N–H and O–H groups in total. The van der Waals surface area contributed by atoms with Crippen molar-refractivity contribution in [3.63, 3.8) is 0 Å². The van der Waals surface area contributed by atoms with Gasteiger partial charge >= 0.3 is 0 Å². The van der Waals surface area contributed by atoms with Crippen LogP contribution in [0.25, 0.3) is 27.5 Å². The summed E-state index contributed by atoms with van der Waals surface area (Å²) in [5.74, 6) is 2.08. The molecule has 182 valence electrons. The Morgan fingerprint density at radius 2 is 1.58 bits per heavy atom. The smallest absolute Gasteiger partial charge is 0.165 e. The second kappa shape index (κ2) is 9.63. The first kappa shape index (κ1) is 22.6. The molecule has 5 aromatic rings. The van der Waals surface area contributed by atoms with Gasteiger partial charge in [-0.05, 0) is 30.9 Å². The van der Waals surface area contributed by atoms with Crippen LogP contribution in [0, 0.1) is 13.8 Å². The molecule has 0 unspecified atom stereocenters. The molecule has 0 radical (unpaired) electrons. The first-order chi connectivity index (χ1) is 17.7. The van der Waals surface area contributed by atoms with E-state index in [1.54, 1.807) is 0 Å². The van der Waals surface area contributed by atoms with E-state index in [9.17, 15) is 0 Å². The minimum atomic E-state index is 0.686. The van der Waals surface area contributed by atoms with Crippen LogP contribution in [-0.4, -0.2) is 58.8 Å². The van der Waals surface area contributed by atoms with E-state index >= 15 is 0 Å². The molecule has 1 fully saturated rings. The van der Waals surface area contributed by atoms with Crippen LogP contribution in [0.2, 0.25) is 0 Å². The predicted molar refractivity (Wildman–Crippen MR) is 146 cm³/mol. The molecule has 0 spiro atoms. The Bertz CT molecular complexity index is 1500. The lowest BCUT2D eigenvalue weighted by molar-refractivity contribution is 0.201. The van der Waals surface area contributed by atoms with Crippen LogP contribution >= 0.6 is 0 Å². The number of aryl methyl sites for hydroxylation is 2. The molecule has 3 heterocycles. The zero-order valence-corrected chi connectivity index (χ0v) is 20.9. The standard InChI is InChI=1S/C30H31N5O/c1-22-21-28(35-30(31-22)29(23(2)32-35)25-10-4-3-5-11-25)34-17-15-33(16-18-34)19-20-36-27-14-8-12-24-9-6-7-13-26(24)27/h3-14,21H,15-20H2,1-2H3. The monoisotopic (exact) mass is 477 g/mol. The topological polar surface area (TPSA) is 45.9 Å². The molecule has 0 saturated carbocycles. The number of rotatable bonds is 6. The Labute approximate surface area is 211 Å². The number of piperazine rings is 1. The maximum atomic E-state index is 6.19. The average Bonchev–Trinajstić information content (AvgIpc) is 3.24. The third kappa shape index (κ3) is 4.29. The van der Waals surface area contributed by atoms with Gasteiger partial charge in [-0.3, -0.25) is 4.90 Å². The molecule has 2 aromatic heterocycles. The van der Waals surface area contributed by atoms with E-state index in [-0.39, 0.29) is 0 Å². The van der Waals surface area contributed by atoms with Crippen molar-refractivity contribution in [3.8, 4) is 16.9 Å². The Hall–Kier alpha value is -3.90. The molecule has 0 amide bonds. The molecule has 0 atom stereocenters. The first-order valence-electron chi connectivity index (χ1n) is 12.7. The second-order valence-corrected chi connectivity index (χ2v) is 9.47. The number of hydrogen-bond donors (Lipinski definition) is 0. The Morgan fingerprint density at radius 1 is 0.833 bits per heavy atom. The van der Waals surface area contributed by atoms with Gasteiger partial charge in [-0.2, -0.15) is 9.61 Å². The number of ether oxygens (including phenoxy) is 1. The number of hydrogen-bond acceptors (Lipinski definition) is 5. The van der Waals surface area contributed by atoms with E-state index in [2.05, 4.69) is 96.4 Å². The predicted octanol–water partition coefficient (Wildman–Crippen LogP) is 5.37. The number of benzene rings is 3. The third-order valence-electron chi connectivity index (χ3n) is 7.05. The summed E-state index contributed by atoms with van der Waals surface area (Å²) in [5.41, 5.74) is 5.22. The highest BCUT2D eigenvalue weighted by molar-refractivity contribution is 5.88. The van der Waals surface area contributed by atoms with Crippen molar-refractivity contribution >= 4 is 22.2 Å². The number of aromatic nitrogens is 3. The number of fused-ring (bicyclic) bond motifs is 2. The van der Waals surface area contributed by atoms with Gasteiger partial charge in [0.2, 0.25) is 0 Å². The van der Waals surface area contributed by atoms with Gasteiger partial charge < -0.3 is 9.64 Å². The summed E-state index contributed by atoms with van der Waals surface area (Å²) < 4.78 is 8.22. The van der Waals surface area contributed by atoms with Crippen molar-refractivity contribution < 1.29 is 4.74 Å². The fourth-order valence-electron chi connectivity index (χ4n) is 5.20. The van der Waals surface area contributed by atoms with Crippen molar-refractivity contribution in [3.05, 3.63) is 90.3 Å². The van der Waals surface area contributed by atoms with Crippen molar-refractivity contribution in [2.45, 2.75) is 13.8 Å². The zero-order valence-electron chi connectivity index (χ0n) is 20.9. The third-order valence-corrected chi connectivity index (χ3v) is 7.05. The maximum Gasteiger partial charge on any atom is 0.165 e. The van der Waals surface area contributed by atoms with Crippen LogP contribution in [0.15, 0.2) is 78.9 Å². The Balaban J connectivity index is 1.14. The lowest BCUT2D eigenvalue weighted by Crippen LogP contribution is -2.48. The molecular weight excluding hydrogens is 446 g/mol. The summed E-state index contributed by atoms with van der Waals surface area (Å²) in [6.45, 7) is 9.64. The molecule has 6 rings (SSSR count). The van der Waals surface area contributed by atoms with Gasteiger partial charge in [-0.25, -0.2) is 4.98 Å². The molecule has 0 bridgehead atoms. The molecule has 0 aliphatic carbocycles. The highest BCUT2D eigenvalue weighted by Gasteiger charge is 2.22. The summed E-state index contributed by atoms with van der Waals surface area (Å²) in [5, 5.41) is 7.30. The molecule has 6 nitrogen and oxygen atoms in total. The summed E-state index contributed by atoms with van der Waals surface area (Å²) >= 11 is 0. The Kier molecular flexibility index (Phi) is 6.03.